The van der Waals surface area contributed by atoms with Crippen molar-refractivity contribution in [3.8, 4) is 0 Å². The van der Waals surface area contributed by atoms with Gasteiger partial charge >= 0.3 is 0 Å². The summed E-state index contributed by atoms with van der Waals surface area (Å²) >= 11 is 1.67. The van der Waals surface area contributed by atoms with Crippen molar-refractivity contribution in [1.82, 2.24) is 20.9 Å². The van der Waals surface area contributed by atoms with Gasteiger partial charge in [-0.1, -0.05) is 19.3 Å². The lowest BCUT2D eigenvalue weighted by atomic mass is 9.87. The zero-order valence-electron chi connectivity index (χ0n) is 15.8. The molecule has 1 aliphatic carbocycles. The van der Waals surface area contributed by atoms with Crippen LogP contribution in [0.1, 0.15) is 55.3 Å². The summed E-state index contributed by atoms with van der Waals surface area (Å²) in [7, 11) is 0. The number of aryl methyl sites for hydroxylation is 1. The van der Waals surface area contributed by atoms with E-state index in [1.165, 1.54) is 37.0 Å². The van der Waals surface area contributed by atoms with Gasteiger partial charge in [0.2, 0.25) is 5.91 Å². The normalized spacial score (nSPS) is 15.2. The Hall–Kier alpha value is -0.900. The molecule has 6 nitrogen and oxygen atoms in total. The van der Waals surface area contributed by atoms with Gasteiger partial charge in [-0.25, -0.2) is 9.98 Å². The minimum absolute atomic E-state index is 0. The van der Waals surface area contributed by atoms with Crippen LogP contribution in [0.15, 0.2) is 11.2 Å². The van der Waals surface area contributed by atoms with Crippen molar-refractivity contribution < 1.29 is 4.79 Å². The van der Waals surface area contributed by atoms with Crippen molar-refractivity contribution in [2.24, 2.45) is 10.9 Å². The Balaban J connectivity index is 0.00000338. The van der Waals surface area contributed by atoms with Crippen LogP contribution >= 0.6 is 35.3 Å². The van der Waals surface area contributed by atoms with Crippen LogP contribution in [-0.4, -0.2) is 36.5 Å². The van der Waals surface area contributed by atoms with Gasteiger partial charge in [0.1, 0.15) is 5.01 Å². The SMILES string of the molecule is CCNC(=NCc1ncc(C)s1)NCCNC(=O)CC1CCCCC1.I. The summed E-state index contributed by atoms with van der Waals surface area (Å²) < 4.78 is 0. The Labute approximate surface area is 178 Å². The Kier molecular flexibility index (Phi) is 11.8. The molecule has 0 unspecified atom stereocenters. The minimum Gasteiger partial charge on any atom is -0.357 e. The maximum atomic E-state index is 12.0. The molecule has 0 spiro atoms. The Morgan fingerprint density at radius 3 is 2.62 bits per heavy atom. The zero-order chi connectivity index (χ0) is 17.9. The lowest BCUT2D eigenvalue weighted by Crippen LogP contribution is -2.41. The number of hydrogen-bond acceptors (Lipinski definition) is 4. The van der Waals surface area contributed by atoms with E-state index in [0.717, 1.165) is 17.5 Å². The number of hydrogen-bond donors (Lipinski definition) is 3. The molecular formula is C18H32IN5OS. The summed E-state index contributed by atoms with van der Waals surface area (Å²) in [6, 6.07) is 0. The van der Waals surface area contributed by atoms with E-state index in [0.29, 0.717) is 32.0 Å². The van der Waals surface area contributed by atoms with Crippen molar-refractivity contribution in [3.63, 3.8) is 0 Å². The Morgan fingerprint density at radius 1 is 1.23 bits per heavy atom. The standard InChI is InChI=1S/C18H31N5OS.HI/c1-3-19-18(23-13-17-22-12-14(2)25-17)21-10-9-20-16(24)11-15-7-5-4-6-8-15;/h12,15H,3-11,13H2,1-2H3,(H,20,24)(H2,19,21,23);1H. The number of aromatic nitrogens is 1. The highest BCUT2D eigenvalue weighted by Crippen LogP contribution is 2.25. The fourth-order valence-electron chi connectivity index (χ4n) is 3.07. The van der Waals surface area contributed by atoms with Gasteiger partial charge in [0.25, 0.3) is 0 Å². The molecule has 26 heavy (non-hydrogen) atoms. The first-order chi connectivity index (χ1) is 12.2. The molecule has 1 amide bonds. The van der Waals surface area contributed by atoms with Gasteiger partial charge in [0.15, 0.2) is 5.96 Å². The zero-order valence-corrected chi connectivity index (χ0v) is 19.0. The third kappa shape index (κ3) is 9.16. The van der Waals surface area contributed by atoms with Crippen LogP contribution in [0.4, 0.5) is 0 Å². The Bertz CT molecular complexity index is 558. The van der Waals surface area contributed by atoms with E-state index in [1.54, 1.807) is 11.3 Å². The smallest absolute Gasteiger partial charge is 0.220 e. The van der Waals surface area contributed by atoms with Gasteiger partial charge in [-0.15, -0.1) is 35.3 Å². The number of carbonyl (C=O) groups excluding carboxylic acids is 1. The fourth-order valence-corrected chi connectivity index (χ4v) is 3.78. The second-order valence-electron chi connectivity index (χ2n) is 6.54. The topological polar surface area (TPSA) is 78.4 Å². The summed E-state index contributed by atoms with van der Waals surface area (Å²) in [6.45, 7) is 6.74. The van der Waals surface area contributed by atoms with E-state index in [9.17, 15) is 4.79 Å². The lowest BCUT2D eigenvalue weighted by Gasteiger charge is -2.20. The molecule has 0 atom stereocenters. The Morgan fingerprint density at radius 2 is 1.96 bits per heavy atom. The molecule has 0 aromatic carbocycles. The number of rotatable bonds is 8. The third-order valence-corrected chi connectivity index (χ3v) is 5.22. The average molecular weight is 493 g/mol. The minimum atomic E-state index is 0. The number of halogens is 1. The molecule has 8 heteroatoms. The van der Waals surface area contributed by atoms with Crippen LogP contribution < -0.4 is 16.0 Å². The summed E-state index contributed by atoms with van der Waals surface area (Å²) in [5.41, 5.74) is 0. The average Bonchev–Trinajstić information content (AvgIpc) is 3.02. The molecule has 0 radical (unpaired) electrons. The third-order valence-electron chi connectivity index (χ3n) is 4.32. The first-order valence-corrected chi connectivity index (χ1v) is 10.2. The predicted molar refractivity (Wildman–Crippen MR) is 119 cm³/mol. The van der Waals surface area contributed by atoms with Crippen LogP contribution in [0.25, 0.3) is 0 Å². The second kappa shape index (κ2) is 13.3. The van der Waals surface area contributed by atoms with Gasteiger partial charge in [0.05, 0.1) is 6.54 Å². The molecule has 1 aliphatic rings. The van der Waals surface area contributed by atoms with E-state index in [2.05, 4.69) is 25.9 Å². The van der Waals surface area contributed by atoms with Gasteiger partial charge in [-0.2, -0.15) is 0 Å². The van der Waals surface area contributed by atoms with Gasteiger partial charge in [-0.05, 0) is 32.6 Å². The quantitative estimate of drug-likeness (QED) is 0.225. The highest BCUT2D eigenvalue weighted by atomic mass is 127. The van der Waals surface area contributed by atoms with Crippen LogP contribution in [0.3, 0.4) is 0 Å². The summed E-state index contributed by atoms with van der Waals surface area (Å²) in [4.78, 5) is 22.1. The van der Waals surface area contributed by atoms with Crippen molar-refractivity contribution >= 4 is 47.2 Å². The van der Waals surface area contributed by atoms with Gasteiger partial charge < -0.3 is 16.0 Å². The van der Waals surface area contributed by atoms with Crippen LogP contribution in [-0.2, 0) is 11.3 Å². The molecular weight excluding hydrogens is 461 g/mol. The van der Waals surface area contributed by atoms with Crippen molar-refractivity contribution in [3.05, 3.63) is 16.1 Å². The largest absolute Gasteiger partial charge is 0.357 e. The summed E-state index contributed by atoms with van der Waals surface area (Å²) in [6.07, 6.45) is 8.85. The number of aliphatic imine (C=N–C) groups is 1. The predicted octanol–water partition coefficient (Wildman–Crippen LogP) is 3.21. The number of thiazole rings is 1. The van der Waals surface area contributed by atoms with E-state index in [1.807, 2.05) is 20.0 Å². The molecule has 0 bridgehead atoms. The van der Waals surface area contributed by atoms with Gasteiger partial charge in [0, 0.05) is 37.1 Å². The fraction of sp³-hybridized carbons (Fsp3) is 0.722. The molecule has 1 aromatic heterocycles. The molecule has 0 saturated heterocycles. The summed E-state index contributed by atoms with van der Waals surface area (Å²) in [5, 5.41) is 10.5. The monoisotopic (exact) mass is 493 g/mol. The number of nitrogens with zero attached hydrogens (tertiary/aromatic N) is 2. The molecule has 0 aliphatic heterocycles. The lowest BCUT2D eigenvalue weighted by molar-refractivity contribution is -0.122. The maximum absolute atomic E-state index is 12.0. The van der Waals surface area contributed by atoms with Crippen molar-refractivity contribution in [2.75, 3.05) is 19.6 Å². The molecule has 1 fully saturated rings. The summed E-state index contributed by atoms with van der Waals surface area (Å²) in [5.74, 6) is 1.52. The van der Waals surface area contributed by atoms with Crippen LogP contribution in [0, 0.1) is 12.8 Å². The maximum Gasteiger partial charge on any atom is 0.220 e. The van der Waals surface area contributed by atoms with Crippen molar-refractivity contribution in [2.45, 2.75) is 58.9 Å². The number of nitrogens with one attached hydrogen (secondary N) is 3. The number of guanidine groups is 1. The molecule has 1 heterocycles. The molecule has 1 saturated carbocycles. The van der Waals surface area contributed by atoms with Gasteiger partial charge in [-0.3, -0.25) is 4.79 Å². The second-order valence-corrected chi connectivity index (χ2v) is 7.86. The van der Waals surface area contributed by atoms with E-state index in [4.69, 9.17) is 0 Å². The van der Waals surface area contributed by atoms with Crippen LogP contribution in [0.2, 0.25) is 0 Å². The first-order valence-electron chi connectivity index (χ1n) is 9.37. The first kappa shape index (κ1) is 23.1. The van der Waals surface area contributed by atoms with Crippen molar-refractivity contribution in [1.29, 1.82) is 0 Å². The number of amides is 1. The van der Waals surface area contributed by atoms with Crippen LogP contribution in [0.5, 0.6) is 0 Å². The molecule has 2 rings (SSSR count). The highest BCUT2D eigenvalue weighted by molar-refractivity contribution is 14.0. The molecule has 1 aromatic rings. The van der Waals surface area contributed by atoms with E-state index < -0.39 is 0 Å². The van der Waals surface area contributed by atoms with E-state index in [-0.39, 0.29) is 29.9 Å². The highest BCUT2D eigenvalue weighted by Gasteiger charge is 2.16. The van der Waals surface area contributed by atoms with E-state index >= 15 is 0 Å². The molecule has 148 valence electrons. The molecule has 3 N–H and O–H groups in total. The number of carbonyl (C=O) groups is 1.